The highest BCUT2D eigenvalue weighted by Gasteiger charge is 2.53. The first-order valence-corrected chi connectivity index (χ1v) is 27.7. The van der Waals surface area contributed by atoms with Crippen molar-refractivity contribution < 1.29 is 43.8 Å². The second-order valence-corrected chi connectivity index (χ2v) is 21.8. The highest BCUT2D eigenvalue weighted by atomic mass is 35.5. The molecule has 6 aromatic carbocycles. The third kappa shape index (κ3) is 13.8. The fraction of sp³-hybridized carbons (Fsp3) is 0.295. The van der Waals surface area contributed by atoms with E-state index in [0.717, 1.165) is 48.1 Å². The number of imide groups is 1. The van der Waals surface area contributed by atoms with Gasteiger partial charge in [-0.25, -0.2) is 19.3 Å². The molecule has 19 heteroatoms. The van der Waals surface area contributed by atoms with Crippen LogP contribution in [0, 0.1) is 0 Å². The Kier molecular flexibility index (Phi) is 19.7. The van der Waals surface area contributed by atoms with Gasteiger partial charge in [-0.2, -0.15) is 0 Å². The summed E-state index contributed by atoms with van der Waals surface area (Å²) in [5.41, 5.74) is 5.10. The third-order valence-electron chi connectivity index (χ3n) is 15.1. The summed E-state index contributed by atoms with van der Waals surface area (Å²) in [7, 11) is 0. The lowest BCUT2D eigenvalue weighted by Gasteiger charge is -2.25. The van der Waals surface area contributed by atoms with E-state index in [1.807, 2.05) is 121 Å². The largest absolute Gasteiger partial charge is 0.480 e. The zero-order valence-electron chi connectivity index (χ0n) is 43.8. The molecule has 80 heavy (non-hydrogen) atoms. The van der Waals surface area contributed by atoms with Crippen LogP contribution in [0.3, 0.4) is 0 Å². The summed E-state index contributed by atoms with van der Waals surface area (Å²) >= 11 is 23.9. The molecule has 0 aromatic heterocycles. The Bertz CT molecular complexity index is 3160. The number of rotatable bonds is 9. The molecule has 11 rings (SSSR count). The lowest BCUT2D eigenvalue weighted by molar-refractivity contribution is -0.142. The number of hydrogen-bond donors (Lipinski definition) is 4. The minimum atomic E-state index is -1.02. The molecule has 6 aromatic rings. The van der Waals surface area contributed by atoms with Crippen molar-refractivity contribution in [3.05, 3.63) is 200 Å². The molecule has 0 bridgehead atoms. The van der Waals surface area contributed by atoms with Crippen LogP contribution in [-0.4, -0.2) is 117 Å². The van der Waals surface area contributed by atoms with Crippen molar-refractivity contribution in [2.45, 2.75) is 87.4 Å². The minimum Gasteiger partial charge on any atom is -0.480 e. The summed E-state index contributed by atoms with van der Waals surface area (Å²) in [6, 6.07) is 45.6. The van der Waals surface area contributed by atoms with Crippen LogP contribution >= 0.6 is 46.4 Å². The van der Waals surface area contributed by atoms with Crippen molar-refractivity contribution in [3.8, 4) is 0 Å². The molecule has 5 fully saturated rings. The molecule has 6 amide bonds. The molecule has 0 radical (unpaired) electrons. The SMILES string of the molecule is CC(=O)C1C(c2ccccc2)CCN1C(C)=O.O=C(O)C1C(c2ccccc2)CCN1C(=O)Nc1cc(Cl)cc(Cl)c1.O=C(O)C1NCCC1c1ccccc1.O=C1C2C(c3ccccc3)CCN2C(=O)N1c1cc(Cl)cc(Cl)c1. The molecule has 0 aliphatic carbocycles. The number of carboxylic acid groups (broad SMARTS) is 2. The monoisotopic (exact) mass is 1160 g/mol. The number of nitrogens with one attached hydrogen (secondary N) is 2. The van der Waals surface area contributed by atoms with E-state index in [9.17, 15) is 38.7 Å². The van der Waals surface area contributed by atoms with Gasteiger partial charge in [0.25, 0.3) is 5.91 Å². The number of ketones is 1. The highest BCUT2D eigenvalue weighted by molar-refractivity contribution is 6.36. The maximum atomic E-state index is 13.0. The van der Waals surface area contributed by atoms with Gasteiger partial charge in [0.05, 0.1) is 11.7 Å². The lowest BCUT2D eigenvalue weighted by Crippen LogP contribution is -2.44. The second-order valence-electron chi connectivity index (χ2n) is 20.0. The summed E-state index contributed by atoms with van der Waals surface area (Å²) in [4.78, 5) is 90.2. The van der Waals surface area contributed by atoms with E-state index in [2.05, 4.69) is 10.6 Å². The number of Topliss-reactive ketones (excluding diaryl/α,β-unsaturated/α-hetero) is 1. The van der Waals surface area contributed by atoms with E-state index in [1.54, 1.807) is 53.1 Å². The van der Waals surface area contributed by atoms with Gasteiger partial charge in [-0.05, 0) is 97.8 Å². The average Bonchev–Trinajstić information content (AvgIpc) is 4.43. The van der Waals surface area contributed by atoms with Gasteiger partial charge in [0.15, 0.2) is 5.78 Å². The maximum absolute atomic E-state index is 13.0. The van der Waals surface area contributed by atoms with Crippen LogP contribution in [0.1, 0.15) is 85.5 Å². The number of aliphatic carboxylic acids is 2. The number of amides is 6. The topological polar surface area (TPSA) is 197 Å². The predicted molar refractivity (Wildman–Crippen MR) is 310 cm³/mol. The van der Waals surface area contributed by atoms with Gasteiger partial charge in [-0.15, -0.1) is 0 Å². The van der Waals surface area contributed by atoms with E-state index in [4.69, 9.17) is 51.5 Å². The number of hydrogen-bond acceptors (Lipinski definition) is 8. The van der Waals surface area contributed by atoms with Gasteiger partial charge < -0.3 is 35.5 Å². The van der Waals surface area contributed by atoms with Gasteiger partial charge in [0.1, 0.15) is 18.1 Å². The Balaban J connectivity index is 0.000000144. The number of urea groups is 2. The van der Waals surface area contributed by atoms with Gasteiger partial charge in [0, 0.05) is 76.0 Å². The first-order chi connectivity index (χ1) is 38.4. The van der Waals surface area contributed by atoms with Crippen molar-refractivity contribution in [1.29, 1.82) is 0 Å². The van der Waals surface area contributed by atoms with Crippen LogP contribution in [0.4, 0.5) is 21.0 Å². The number of nitrogens with zero attached hydrogens (tertiary/aromatic N) is 4. The van der Waals surface area contributed by atoms with E-state index in [-0.39, 0.29) is 53.3 Å². The Hall–Kier alpha value is -7.27. The molecule has 4 N–H and O–H groups in total. The lowest BCUT2D eigenvalue weighted by atomic mass is 9.90. The van der Waals surface area contributed by atoms with Crippen molar-refractivity contribution in [1.82, 2.24) is 20.0 Å². The molecular formula is C61H60Cl4N6O9. The molecule has 5 saturated heterocycles. The summed E-state index contributed by atoms with van der Waals surface area (Å²) in [5.74, 6) is -1.89. The molecule has 0 saturated carbocycles. The molecule has 8 atom stereocenters. The van der Waals surface area contributed by atoms with Gasteiger partial charge in [-0.1, -0.05) is 168 Å². The Morgan fingerprint density at radius 3 is 1.43 bits per heavy atom. The quantitative estimate of drug-likeness (QED) is 0.101. The molecular weight excluding hydrogens is 1100 g/mol. The fourth-order valence-electron chi connectivity index (χ4n) is 11.5. The number of carboxylic acids is 2. The summed E-state index contributed by atoms with van der Waals surface area (Å²) in [5, 5.41) is 25.9. The van der Waals surface area contributed by atoms with Gasteiger partial charge in [-0.3, -0.25) is 19.2 Å². The van der Waals surface area contributed by atoms with Crippen LogP contribution < -0.4 is 15.5 Å². The van der Waals surface area contributed by atoms with Crippen molar-refractivity contribution >= 4 is 99.4 Å². The van der Waals surface area contributed by atoms with E-state index in [1.165, 1.54) is 16.7 Å². The number of fused-ring (bicyclic) bond motifs is 1. The summed E-state index contributed by atoms with van der Waals surface area (Å²) in [6.45, 7) is 5.50. The molecule has 15 nitrogen and oxygen atoms in total. The highest BCUT2D eigenvalue weighted by Crippen LogP contribution is 2.42. The van der Waals surface area contributed by atoms with E-state index in [0.29, 0.717) is 57.5 Å². The number of anilines is 2. The first kappa shape index (κ1) is 58.9. The predicted octanol–water partition coefficient (Wildman–Crippen LogP) is 12.0. The number of likely N-dealkylation sites (tertiary alicyclic amines) is 2. The van der Waals surface area contributed by atoms with Crippen LogP contribution in [0.2, 0.25) is 20.1 Å². The van der Waals surface area contributed by atoms with E-state index < -0.39 is 36.1 Å². The smallest absolute Gasteiger partial charge is 0.332 e. The molecule has 416 valence electrons. The zero-order chi connectivity index (χ0) is 57.2. The Morgan fingerprint density at radius 1 is 0.525 bits per heavy atom. The Labute approximate surface area is 484 Å². The van der Waals surface area contributed by atoms with Gasteiger partial charge in [0.2, 0.25) is 5.91 Å². The van der Waals surface area contributed by atoms with Crippen molar-refractivity contribution in [3.63, 3.8) is 0 Å². The molecule has 0 spiro atoms. The van der Waals surface area contributed by atoms with Crippen LogP contribution in [-0.2, 0) is 24.0 Å². The first-order valence-electron chi connectivity index (χ1n) is 26.2. The van der Waals surface area contributed by atoms with Crippen molar-refractivity contribution in [2.24, 2.45) is 0 Å². The van der Waals surface area contributed by atoms with Crippen LogP contribution in [0.5, 0.6) is 0 Å². The maximum Gasteiger partial charge on any atom is 0.332 e. The van der Waals surface area contributed by atoms with Crippen molar-refractivity contribution in [2.75, 3.05) is 36.4 Å². The normalized spacial score (nSPS) is 22.7. The molecule has 8 unspecified atom stereocenters. The van der Waals surface area contributed by atoms with Crippen LogP contribution in [0.25, 0.3) is 0 Å². The Morgan fingerprint density at radius 2 is 0.963 bits per heavy atom. The van der Waals surface area contributed by atoms with Gasteiger partial charge >= 0.3 is 24.0 Å². The molecule has 5 heterocycles. The standard InChI is InChI=1S/C18H16Cl2N2O3.C18H14Cl2N2O2.C14H17NO2.C11H13NO2/c19-12-8-13(20)10-14(9-12)21-18(25)22-7-6-15(16(22)17(23)24)11-4-2-1-3-5-11;19-12-8-13(20)10-14(9-12)22-17(23)16-15(6-7-21(16)18(22)24)11-4-2-1-3-5-11;1-10(16)14-13(8-9-15(14)11(2)17)12-6-4-3-5-7-12;13-11(14)10-9(6-7-12-10)8-4-2-1-3-5-8/h1-5,8-10,15-16H,6-7H2,(H,21,25)(H,23,24);1-5,8-10,15-16H,6-7H2;3-7,13-14H,8-9H2,1-2H3;1-5,9-10,12H,6-7H2,(H,13,14). The molecule has 5 aliphatic rings. The van der Waals surface area contributed by atoms with E-state index >= 15 is 0 Å². The molecule has 5 aliphatic heterocycles. The van der Waals surface area contributed by atoms with Crippen LogP contribution in [0.15, 0.2) is 158 Å². The zero-order valence-corrected chi connectivity index (χ0v) is 46.9. The average molecular weight is 1160 g/mol. The number of carbonyl (C=O) groups excluding carboxylic acids is 5. The third-order valence-corrected chi connectivity index (χ3v) is 15.9. The summed E-state index contributed by atoms with van der Waals surface area (Å²) < 4.78 is 0. The fourth-order valence-corrected chi connectivity index (χ4v) is 12.6. The summed E-state index contributed by atoms with van der Waals surface area (Å²) in [6.07, 6.45) is 3.15. The minimum absolute atomic E-state index is 0.0105. The number of carbonyl (C=O) groups is 7. The number of halogens is 4. The number of benzene rings is 6. The second kappa shape index (κ2) is 26.8.